The summed E-state index contributed by atoms with van der Waals surface area (Å²) in [5, 5.41) is 2.91. The van der Waals surface area contributed by atoms with Crippen molar-refractivity contribution in [2.24, 2.45) is 0 Å². The number of benzene rings is 2. The predicted molar refractivity (Wildman–Crippen MR) is 135 cm³/mol. The van der Waals surface area contributed by atoms with Crippen LogP contribution in [-0.4, -0.2) is 42.5 Å². The van der Waals surface area contributed by atoms with E-state index in [-0.39, 0.29) is 11.8 Å². The molecule has 0 heterocycles. The van der Waals surface area contributed by atoms with Crippen molar-refractivity contribution in [3.05, 3.63) is 58.1 Å². The van der Waals surface area contributed by atoms with Crippen molar-refractivity contribution >= 4 is 27.7 Å². The van der Waals surface area contributed by atoms with E-state index < -0.39 is 6.04 Å². The normalized spacial score (nSPS) is 11.5. The molecular weight excluding hydrogens is 484 g/mol. The molecule has 1 atom stereocenters. The van der Waals surface area contributed by atoms with Crippen LogP contribution in [0.4, 0.5) is 0 Å². The molecule has 0 fully saturated rings. The minimum atomic E-state index is -0.567. The highest BCUT2D eigenvalue weighted by molar-refractivity contribution is 9.10. The highest BCUT2D eigenvalue weighted by atomic mass is 79.9. The van der Waals surface area contributed by atoms with Gasteiger partial charge in [0.05, 0.1) is 13.2 Å². The summed E-state index contributed by atoms with van der Waals surface area (Å²) in [6, 6.07) is 13.0. The largest absolute Gasteiger partial charge is 0.490 e. The number of nitrogens with one attached hydrogen (secondary N) is 1. The van der Waals surface area contributed by atoms with Gasteiger partial charge in [0.15, 0.2) is 11.5 Å². The van der Waals surface area contributed by atoms with Gasteiger partial charge < -0.3 is 19.7 Å². The molecule has 0 aliphatic heterocycles. The highest BCUT2D eigenvalue weighted by Crippen LogP contribution is 2.29. The van der Waals surface area contributed by atoms with E-state index in [4.69, 9.17) is 9.47 Å². The van der Waals surface area contributed by atoms with Crippen LogP contribution in [0.25, 0.3) is 0 Å². The first-order valence-corrected chi connectivity index (χ1v) is 12.4. The second-order valence-electron chi connectivity index (χ2n) is 7.77. The average Bonchev–Trinajstić information content (AvgIpc) is 2.80. The summed E-state index contributed by atoms with van der Waals surface area (Å²) < 4.78 is 12.3. The molecule has 0 spiro atoms. The molecule has 7 heteroatoms. The molecule has 33 heavy (non-hydrogen) atoms. The number of hydrogen-bond donors (Lipinski definition) is 1. The van der Waals surface area contributed by atoms with Crippen LogP contribution in [0.2, 0.25) is 0 Å². The van der Waals surface area contributed by atoms with Gasteiger partial charge in [0.2, 0.25) is 11.8 Å². The summed E-state index contributed by atoms with van der Waals surface area (Å²) in [6.45, 7) is 9.69. The first kappa shape index (κ1) is 26.7. The zero-order valence-electron chi connectivity index (χ0n) is 20.0. The number of rotatable bonds is 13. The monoisotopic (exact) mass is 518 g/mol. The Labute approximate surface area is 205 Å². The van der Waals surface area contributed by atoms with E-state index in [1.807, 2.05) is 63.2 Å². The van der Waals surface area contributed by atoms with Gasteiger partial charge in [-0.15, -0.1) is 0 Å². The first-order valence-electron chi connectivity index (χ1n) is 11.6. The number of ether oxygens (including phenoxy) is 2. The molecule has 0 aliphatic rings. The summed E-state index contributed by atoms with van der Waals surface area (Å²) in [7, 11) is 0. The van der Waals surface area contributed by atoms with Gasteiger partial charge in [-0.3, -0.25) is 9.59 Å². The first-order chi connectivity index (χ1) is 15.9. The summed E-state index contributed by atoms with van der Waals surface area (Å²) in [4.78, 5) is 27.6. The Balaban J connectivity index is 2.16. The zero-order valence-corrected chi connectivity index (χ0v) is 21.6. The third kappa shape index (κ3) is 8.39. The van der Waals surface area contributed by atoms with Gasteiger partial charge >= 0.3 is 0 Å². The van der Waals surface area contributed by atoms with Gasteiger partial charge in [-0.25, -0.2) is 0 Å². The average molecular weight is 519 g/mol. The Hall–Kier alpha value is -2.54. The molecule has 0 aliphatic carbocycles. The molecule has 0 saturated carbocycles. The lowest BCUT2D eigenvalue weighted by molar-refractivity contribution is -0.140. The van der Waals surface area contributed by atoms with Crippen LogP contribution in [0.15, 0.2) is 46.9 Å². The summed E-state index contributed by atoms with van der Waals surface area (Å²) in [6.07, 6.45) is 1.68. The number of carbonyl (C=O) groups is 2. The Kier molecular flexibility index (Phi) is 11.2. The number of nitrogens with zero attached hydrogens (tertiary/aromatic N) is 1. The maximum Gasteiger partial charge on any atom is 0.242 e. The Bertz CT molecular complexity index is 919. The molecule has 0 radical (unpaired) electrons. The molecular formula is C26H35BrN2O4. The molecule has 0 unspecified atom stereocenters. The van der Waals surface area contributed by atoms with Crippen molar-refractivity contribution in [1.82, 2.24) is 10.2 Å². The lowest BCUT2D eigenvalue weighted by atomic mass is 10.1. The van der Waals surface area contributed by atoms with E-state index in [1.165, 1.54) is 0 Å². The molecule has 2 amide bonds. The highest BCUT2D eigenvalue weighted by Gasteiger charge is 2.25. The van der Waals surface area contributed by atoms with Crippen molar-refractivity contribution in [2.45, 2.75) is 59.5 Å². The number of amides is 2. The van der Waals surface area contributed by atoms with E-state index in [2.05, 4.69) is 21.2 Å². The van der Waals surface area contributed by atoms with Crippen LogP contribution in [-0.2, 0) is 22.6 Å². The SMILES string of the molecule is CCCNC(=O)[C@H](C)N(Cc1cccc(Br)c1)C(=O)CCc1ccc(OCC)c(OCC)c1. The number of hydrogen-bond acceptors (Lipinski definition) is 4. The van der Waals surface area contributed by atoms with Crippen LogP contribution >= 0.6 is 15.9 Å². The van der Waals surface area contributed by atoms with Gasteiger partial charge in [-0.2, -0.15) is 0 Å². The fourth-order valence-electron chi connectivity index (χ4n) is 3.46. The van der Waals surface area contributed by atoms with Crippen molar-refractivity contribution in [3.8, 4) is 11.5 Å². The maximum absolute atomic E-state index is 13.3. The maximum atomic E-state index is 13.3. The van der Waals surface area contributed by atoms with Crippen LogP contribution in [0, 0.1) is 0 Å². The quantitative estimate of drug-likeness (QED) is 0.399. The van der Waals surface area contributed by atoms with Crippen LogP contribution in [0.3, 0.4) is 0 Å². The molecule has 2 aromatic carbocycles. The standard InChI is InChI=1S/C26H35BrN2O4/c1-5-15-28-26(31)19(4)29(18-21-9-8-10-22(27)16-21)25(30)14-12-20-11-13-23(32-6-2)24(17-20)33-7-3/h8-11,13,16-17,19H,5-7,12,14-15,18H2,1-4H3,(H,28,31)/t19-/m0/s1. The van der Waals surface area contributed by atoms with Gasteiger partial charge in [-0.05, 0) is 69.0 Å². The Morgan fingerprint density at radius 2 is 1.73 bits per heavy atom. The van der Waals surface area contributed by atoms with E-state index >= 15 is 0 Å². The Morgan fingerprint density at radius 1 is 1.00 bits per heavy atom. The van der Waals surface area contributed by atoms with Crippen molar-refractivity contribution in [1.29, 1.82) is 0 Å². The van der Waals surface area contributed by atoms with Crippen LogP contribution < -0.4 is 14.8 Å². The second kappa shape index (κ2) is 13.9. The Morgan fingerprint density at radius 3 is 2.39 bits per heavy atom. The molecule has 180 valence electrons. The predicted octanol–water partition coefficient (Wildman–Crippen LogP) is 5.12. The van der Waals surface area contributed by atoms with Crippen LogP contribution in [0.5, 0.6) is 11.5 Å². The third-order valence-electron chi connectivity index (χ3n) is 5.19. The van der Waals surface area contributed by atoms with Crippen molar-refractivity contribution < 1.29 is 19.1 Å². The van der Waals surface area contributed by atoms with Crippen molar-refractivity contribution in [3.63, 3.8) is 0 Å². The summed E-state index contributed by atoms with van der Waals surface area (Å²) >= 11 is 3.48. The lowest BCUT2D eigenvalue weighted by Gasteiger charge is -2.29. The topological polar surface area (TPSA) is 67.9 Å². The molecule has 6 nitrogen and oxygen atoms in total. The van der Waals surface area contributed by atoms with E-state index in [0.29, 0.717) is 50.6 Å². The van der Waals surface area contributed by atoms with Gasteiger partial charge in [-0.1, -0.05) is 41.1 Å². The number of carbonyl (C=O) groups excluding carboxylic acids is 2. The van der Waals surface area contributed by atoms with Crippen molar-refractivity contribution in [2.75, 3.05) is 19.8 Å². The van der Waals surface area contributed by atoms with Crippen LogP contribution in [0.1, 0.15) is 51.7 Å². The van der Waals surface area contributed by atoms with E-state index in [1.54, 1.807) is 11.8 Å². The molecule has 1 N–H and O–H groups in total. The lowest BCUT2D eigenvalue weighted by Crippen LogP contribution is -2.47. The molecule has 0 aromatic heterocycles. The number of aryl methyl sites for hydroxylation is 1. The van der Waals surface area contributed by atoms with Gasteiger partial charge in [0.25, 0.3) is 0 Å². The fraction of sp³-hybridized carbons (Fsp3) is 0.462. The smallest absolute Gasteiger partial charge is 0.242 e. The van der Waals surface area contributed by atoms with E-state index in [9.17, 15) is 9.59 Å². The second-order valence-corrected chi connectivity index (χ2v) is 8.68. The molecule has 0 saturated heterocycles. The molecule has 2 aromatic rings. The number of halogens is 1. The minimum Gasteiger partial charge on any atom is -0.490 e. The molecule has 2 rings (SSSR count). The van der Waals surface area contributed by atoms with Gasteiger partial charge in [0.1, 0.15) is 6.04 Å². The summed E-state index contributed by atoms with van der Waals surface area (Å²) in [5.74, 6) is 1.18. The fourth-order valence-corrected chi connectivity index (χ4v) is 3.90. The zero-order chi connectivity index (χ0) is 24.2. The van der Waals surface area contributed by atoms with E-state index in [0.717, 1.165) is 22.0 Å². The molecule has 0 bridgehead atoms. The van der Waals surface area contributed by atoms with Gasteiger partial charge in [0, 0.05) is 24.0 Å². The third-order valence-corrected chi connectivity index (χ3v) is 5.69. The summed E-state index contributed by atoms with van der Waals surface area (Å²) in [5.41, 5.74) is 1.95. The minimum absolute atomic E-state index is 0.0685.